The van der Waals surface area contributed by atoms with Gasteiger partial charge in [-0.25, -0.2) is 4.98 Å². The SMILES string of the molecule is CC(C)C(N)CNc1ccc(C(C)(C)C)cn1. The van der Waals surface area contributed by atoms with Gasteiger partial charge in [0.25, 0.3) is 0 Å². The van der Waals surface area contributed by atoms with Crippen molar-refractivity contribution in [2.75, 3.05) is 11.9 Å². The van der Waals surface area contributed by atoms with Crippen molar-refractivity contribution in [2.45, 2.75) is 46.1 Å². The summed E-state index contributed by atoms with van der Waals surface area (Å²) in [5.41, 5.74) is 7.37. The Labute approximate surface area is 105 Å². The fraction of sp³-hybridized carbons (Fsp3) is 0.643. The molecule has 96 valence electrons. The minimum Gasteiger partial charge on any atom is -0.369 e. The van der Waals surface area contributed by atoms with Crippen LogP contribution in [0.3, 0.4) is 0 Å². The number of rotatable bonds is 4. The fourth-order valence-electron chi connectivity index (χ4n) is 1.40. The van der Waals surface area contributed by atoms with E-state index in [9.17, 15) is 0 Å². The Morgan fingerprint density at radius 1 is 1.29 bits per heavy atom. The van der Waals surface area contributed by atoms with Gasteiger partial charge in [-0.15, -0.1) is 0 Å². The summed E-state index contributed by atoms with van der Waals surface area (Å²) in [5.74, 6) is 1.38. The van der Waals surface area contributed by atoms with Crippen molar-refractivity contribution in [3.63, 3.8) is 0 Å². The molecule has 0 aliphatic rings. The molecule has 3 N–H and O–H groups in total. The molecule has 0 fully saturated rings. The van der Waals surface area contributed by atoms with E-state index >= 15 is 0 Å². The van der Waals surface area contributed by atoms with E-state index in [0.29, 0.717) is 5.92 Å². The number of nitrogens with one attached hydrogen (secondary N) is 1. The molecule has 0 aromatic carbocycles. The smallest absolute Gasteiger partial charge is 0.125 e. The van der Waals surface area contributed by atoms with Crippen LogP contribution in [0.5, 0.6) is 0 Å². The average molecular weight is 235 g/mol. The van der Waals surface area contributed by atoms with E-state index in [2.05, 4.69) is 51.0 Å². The van der Waals surface area contributed by atoms with Gasteiger partial charge in [0.1, 0.15) is 5.82 Å². The lowest BCUT2D eigenvalue weighted by molar-refractivity contribution is 0.511. The van der Waals surface area contributed by atoms with Crippen molar-refractivity contribution in [3.8, 4) is 0 Å². The molecular weight excluding hydrogens is 210 g/mol. The first-order valence-corrected chi connectivity index (χ1v) is 6.26. The van der Waals surface area contributed by atoms with Crippen LogP contribution in [-0.4, -0.2) is 17.6 Å². The van der Waals surface area contributed by atoms with Gasteiger partial charge >= 0.3 is 0 Å². The van der Waals surface area contributed by atoms with E-state index in [-0.39, 0.29) is 11.5 Å². The Balaban J connectivity index is 2.57. The van der Waals surface area contributed by atoms with E-state index < -0.39 is 0 Å². The highest BCUT2D eigenvalue weighted by Gasteiger charge is 2.13. The molecule has 1 aromatic rings. The Hall–Kier alpha value is -1.09. The van der Waals surface area contributed by atoms with Crippen LogP contribution < -0.4 is 11.1 Å². The molecular formula is C14H25N3. The molecule has 1 aromatic heterocycles. The minimum absolute atomic E-state index is 0.153. The minimum atomic E-state index is 0.153. The summed E-state index contributed by atoms with van der Waals surface area (Å²) >= 11 is 0. The molecule has 1 heterocycles. The Morgan fingerprint density at radius 2 is 1.94 bits per heavy atom. The molecule has 1 rings (SSSR count). The summed E-state index contributed by atoms with van der Waals surface area (Å²) < 4.78 is 0. The van der Waals surface area contributed by atoms with Crippen LogP contribution in [0, 0.1) is 5.92 Å². The van der Waals surface area contributed by atoms with Crippen molar-refractivity contribution in [2.24, 2.45) is 11.7 Å². The lowest BCUT2D eigenvalue weighted by atomic mass is 9.88. The molecule has 0 saturated heterocycles. The quantitative estimate of drug-likeness (QED) is 0.843. The highest BCUT2D eigenvalue weighted by atomic mass is 15.0. The van der Waals surface area contributed by atoms with Crippen LogP contribution in [-0.2, 0) is 5.41 Å². The molecule has 17 heavy (non-hydrogen) atoms. The predicted molar refractivity (Wildman–Crippen MR) is 74.2 cm³/mol. The number of hydrogen-bond donors (Lipinski definition) is 2. The monoisotopic (exact) mass is 235 g/mol. The number of anilines is 1. The third-order valence-corrected chi connectivity index (χ3v) is 3.00. The van der Waals surface area contributed by atoms with Crippen LogP contribution >= 0.6 is 0 Å². The van der Waals surface area contributed by atoms with Gasteiger partial charge in [-0.05, 0) is 23.0 Å². The summed E-state index contributed by atoms with van der Waals surface area (Å²) in [7, 11) is 0. The maximum Gasteiger partial charge on any atom is 0.125 e. The maximum atomic E-state index is 5.97. The summed E-state index contributed by atoms with van der Waals surface area (Å²) in [5, 5.41) is 3.27. The zero-order valence-electron chi connectivity index (χ0n) is 11.6. The van der Waals surface area contributed by atoms with E-state index in [4.69, 9.17) is 5.73 Å². The molecule has 0 amide bonds. The average Bonchev–Trinajstić information content (AvgIpc) is 2.25. The largest absolute Gasteiger partial charge is 0.369 e. The molecule has 3 nitrogen and oxygen atoms in total. The van der Waals surface area contributed by atoms with Crippen LogP contribution in [0.2, 0.25) is 0 Å². The van der Waals surface area contributed by atoms with E-state index in [1.807, 2.05) is 12.3 Å². The summed E-state index contributed by atoms with van der Waals surface area (Å²) in [4.78, 5) is 4.41. The lowest BCUT2D eigenvalue weighted by Gasteiger charge is -2.19. The zero-order chi connectivity index (χ0) is 13.1. The predicted octanol–water partition coefficient (Wildman–Crippen LogP) is 2.77. The van der Waals surface area contributed by atoms with Crippen LogP contribution in [0.25, 0.3) is 0 Å². The molecule has 3 heteroatoms. The number of aromatic nitrogens is 1. The molecule has 0 saturated carbocycles. The second kappa shape index (κ2) is 5.50. The second-order valence-corrected chi connectivity index (χ2v) is 5.97. The third-order valence-electron chi connectivity index (χ3n) is 3.00. The van der Waals surface area contributed by atoms with Crippen molar-refractivity contribution >= 4 is 5.82 Å². The zero-order valence-corrected chi connectivity index (χ0v) is 11.6. The Bertz CT molecular complexity index is 335. The number of pyridine rings is 1. The van der Waals surface area contributed by atoms with E-state index in [1.54, 1.807) is 0 Å². The molecule has 0 spiro atoms. The Morgan fingerprint density at radius 3 is 2.35 bits per heavy atom. The van der Waals surface area contributed by atoms with Gasteiger partial charge in [-0.1, -0.05) is 40.7 Å². The van der Waals surface area contributed by atoms with Gasteiger partial charge in [-0.2, -0.15) is 0 Å². The van der Waals surface area contributed by atoms with Crippen LogP contribution in [0.4, 0.5) is 5.82 Å². The lowest BCUT2D eigenvalue weighted by Crippen LogP contribution is -2.34. The van der Waals surface area contributed by atoms with Gasteiger partial charge in [0, 0.05) is 18.8 Å². The molecule has 0 radical (unpaired) electrons. The second-order valence-electron chi connectivity index (χ2n) is 5.97. The molecule has 1 unspecified atom stereocenters. The molecule has 0 bridgehead atoms. The van der Waals surface area contributed by atoms with Crippen molar-refractivity contribution < 1.29 is 0 Å². The van der Waals surface area contributed by atoms with Gasteiger partial charge < -0.3 is 11.1 Å². The molecule has 0 aliphatic heterocycles. The van der Waals surface area contributed by atoms with E-state index in [1.165, 1.54) is 5.56 Å². The van der Waals surface area contributed by atoms with Crippen molar-refractivity contribution in [1.82, 2.24) is 4.98 Å². The topological polar surface area (TPSA) is 50.9 Å². The highest BCUT2D eigenvalue weighted by Crippen LogP contribution is 2.21. The highest BCUT2D eigenvalue weighted by molar-refractivity contribution is 5.37. The van der Waals surface area contributed by atoms with Crippen LogP contribution in [0.1, 0.15) is 40.2 Å². The number of hydrogen-bond acceptors (Lipinski definition) is 3. The first-order chi connectivity index (χ1) is 7.80. The van der Waals surface area contributed by atoms with E-state index in [0.717, 1.165) is 12.4 Å². The first-order valence-electron chi connectivity index (χ1n) is 6.26. The van der Waals surface area contributed by atoms with Gasteiger partial charge in [-0.3, -0.25) is 0 Å². The summed E-state index contributed by atoms with van der Waals surface area (Å²) in [6.07, 6.45) is 1.93. The van der Waals surface area contributed by atoms with Crippen LogP contribution in [0.15, 0.2) is 18.3 Å². The van der Waals surface area contributed by atoms with Gasteiger partial charge in [0.2, 0.25) is 0 Å². The van der Waals surface area contributed by atoms with Gasteiger partial charge in [0.05, 0.1) is 0 Å². The Kier molecular flexibility index (Phi) is 4.52. The number of nitrogens with two attached hydrogens (primary N) is 1. The van der Waals surface area contributed by atoms with Crippen molar-refractivity contribution in [3.05, 3.63) is 23.9 Å². The molecule has 1 atom stereocenters. The maximum absolute atomic E-state index is 5.97. The fourth-order valence-corrected chi connectivity index (χ4v) is 1.40. The normalized spacial score (nSPS) is 13.8. The number of nitrogens with zero attached hydrogens (tertiary/aromatic N) is 1. The van der Waals surface area contributed by atoms with Crippen molar-refractivity contribution in [1.29, 1.82) is 0 Å². The standard InChI is InChI=1S/C14H25N3/c1-10(2)12(15)9-17-13-7-6-11(8-16-13)14(3,4)5/h6-8,10,12H,9,15H2,1-5H3,(H,16,17). The third kappa shape index (κ3) is 4.35. The molecule has 0 aliphatic carbocycles. The summed E-state index contributed by atoms with van der Waals surface area (Å²) in [6, 6.07) is 4.31. The van der Waals surface area contributed by atoms with Gasteiger partial charge in [0.15, 0.2) is 0 Å². The summed E-state index contributed by atoms with van der Waals surface area (Å²) in [6.45, 7) is 11.6. The first kappa shape index (κ1) is 14.0.